The molecule has 1 aliphatic carbocycles. The summed E-state index contributed by atoms with van der Waals surface area (Å²) in [6.07, 6.45) is -3.38. The number of ether oxygens (including phenoxy) is 1. The Kier molecular flexibility index (Phi) is 2.72. The van der Waals surface area contributed by atoms with E-state index < -0.39 is 11.9 Å². The van der Waals surface area contributed by atoms with Gasteiger partial charge in [0.2, 0.25) is 5.91 Å². The summed E-state index contributed by atoms with van der Waals surface area (Å²) in [5, 5.41) is 3.24. The van der Waals surface area contributed by atoms with Gasteiger partial charge >= 0.3 is 6.36 Å². The highest BCUT2D eigenvalue weighted by atomic mass is 19.4. The fraction of sp³-hybridized carbons (Fsp3) is 0.462. The van der Waals surface area contributed by atoms with Crippen molar-refractivity contribution in [2.75, 3.05) is 7.05 Å². The molecule has 1 aliphatic heterocycles. The molecule has 1 N–H and O–H groups in total. The molecule has 1 saturated carbocycles. The van der Waals surface area contributed by atoms with Gasteiger partial charge in [-0.2, -0.15) is 0 Å². The van der Waals surface area contributed by atoms with Crippen molar-refractivity contribution in [1.29, 1.82) is 0 Å². The normalized spacial score (nSPS) is 24.3. The lowest BCUT2D eigenvalue weighted by atomic mass is 10.1. The molecular weight excluding hydrogens is 273 g/mol. The van der Waals surface area contributed by atoms with E-state index in [2.05, 4.69) is 10.1 Å². The summed E-state index contributed by atoms with van der Waals surface area (Å²) in [4.78, 5) is 13.6. The van der Waals surface area contributed by atoms with Crippen molar-refractivity contribution in [3.63, 3.8) is 0 Å². The fourth-order valence-electron chi connectivity index (χ4n) is 2.52. The predicted octanol–water partition coefficient (Wildman–Crippen LogP) is 2.18. The Morgan fingerprint density at radius 2 is 1.90 bits per heavy atom. The first kappa shape index (κ1) is 13.2. The van der Waals surface area contributed by atoms with Crippen LogP contribution in [0.15, 0.2) is 24.3 Å². The average Bonchev–Trinajstić information content (AvgIpc) is 3.10. The zero-order valence-electron chi connectivity index (χ0n) is 10.7. The first-order valence-corrected chi connectivity index (χ1v) is 6.21. The number of amides is 1. The monoisotopic (exact) mass is 286 g/mol. The van der Waals surface area contributed by atoms with Crippen LogP contribution < -0.4 is 10.1 Å². The molecule has 1 unspecified atom stereocenters. The molecule has 2 fully saturated rings. The Labute approximate surface area is 113 Å². The van der Waals surface area contributed by atoms with E-state index in [9.17, 15) is 18.0 Å². The maximum Gasteiger partial charge on any atom is 0.573 e. The van der Waals surface area contributed by atoms with Crippen molar-refractivity contribution < 1.29 is 22.7 Å². The Hall–Kier alpha value is -1.76. The van der Waals surface area contributed by atoms with Gasteiger partial charge in [-0.1, -0.05) is 12.1 Å². The number of rotatable bonds is 2. The van der Waals surface area contributed by atoms with E-state index in [0.29, 0.717) is 0 Å². The topological polar surface area (TPSA) is 41.6 Å². The Bertz CT molecular complexity index is 538. The summed E-state index contributed by atoms with van der Waals surface area (Å²) in [7, 11) is 1.69. The van der Waals surface area contributed by atoms with E-state index in [1.807, 2.05) is 0 Å². The summed E-state index contributed by atoms with van der Waals surface area (Å²) in [5.41, 5.74) is 0.291. The number of carbonyl (C=O) groups is 1. The van der Waals surface area contributed by atoms with Gasteiger partial charge in [0.15, 0.2) is 0 Å². The van der Waals surface area contributed by atoms with Crippen LogP contribution in [0.2, 0.25) is 0 Å². The second-order valence-corrected chi connectivity index (χ2v) is 5.16. The molecule has 0 bridgehead atoms. The molecule has 1 aromatic carbocycles. The van der Waals surface area contributed by atoms with Gasteiger partial charge in [-0.3, -0.25) is 10.1 Å². The summed E-state index contributed by atoms with van der Waals surface area (Å²) < 4.78 is 40.1. The predicted molar refractivity (Wildman–Crippen MR) is 63.7 cm³/mol. The Morgan fingerprint density at radius 3 is 2.35 bits per heavy atom. The molecule has 0 aromatic heterocycles. The zero-order chi connectivity index (χ0) is 14.5. The highest BCUT2D eigenvalue weighted by molar-refractivity contribution is 5.91. The molecule has 1 atom stereocenters. The number of hydrogen-bond acceptors (Lipinski definition) is 3. The zero-order valence-corrected chi connectivity index (χ0v) is 10.7. The molecule has 1 aromatic rings. The number of carbonyl (C=O) groups excluding carboxylic acids is 1. The molecule has 1 heterocycles. The van der Waals surface area contributed by atoms with Crippen LogP contribution in [0, 0.1) is 0 Å². The van der Waals surface area contributed by atoms with E-state index >= 15 is 0 Å². The smallest absolute Gasteiger partial charge is 0.406 e. The molecule has 108 valence electrons. The third-order valence-corrected chi connectivity index (χ3v) is 3.71. The van der Waals surface area contributed by atoms with E-state index in [0.717, 1.165) is 18.4 Å². The summed E-state index contributed by atoms with van der Waals surface area (Å²) in [6.45, 7) is 0. The maximum atomic E-state index is 12.1. The summed E-state index contributed by atoms with van der Waals surface area (Å²) in [5.74, 6) is -0.229. The third kappa shape index (κ3) is 2.22. The maximum absolute atomic E-state index is 12.1. The molecular formula is C13H13F3N2O2. The lowest BCUT2D eigenvalue weighted by Gasteiger charge is -2.20. The minimum Gasteiger partial charge on any atom is -0.406 e. The van der Waals surface area contributed by atoms with Crippen LogP contribution in [0.4, 0.5) is 13.2 Å². The van der Waals surface area contributed by atoms with Gasteiger partial charge in [-0.25, -0.2) is 0 Å². The second-order valence-electron chi connectivity index (χ2n) is 5.16. The molecule has 4 nitrogen and oxygen atoms in total. The first-order chi connectivity index (χ1) is 9.31. The molecule has 2 aliphatic rings. The van der Waals surface area contributed by atoms with Crippen molar-refractivity contribution in [2.24, 2.45) is 0 Å². The lowest BCUT2D eigenvalue weighted by molar-refractivity contribution is -0.274. The molecule has 1 spiro atoms. The highest BCUT2D eigenvalue weighted by Gasteiger charge is 2.58. The van der Waals surface area contributed by atoms with E-state index in [1.54, 1.807) is 11.9 Å². The van der Waals surface area contributed by atoms with Gasteiger partial charge in [-0.05, 0) is 30.5 Å². The number of hydrogen-bond donors (Lipinski definition) is 1. The second kappa shape index (κ2) is 4.12. The fourth-order valence-corrected chi connectivity index (χ4v) is 2.52. The standard InChI is InChI=1S/C13H13F3N2O2/c1-18-10(17-12(6-7-12)11(18)19)8-2-4-9(5-3-8)20-13(14,15)16/h2-5,10,17H,6-7H2,1H3. The number of halogens is 3. The van der Waals surface area contributed by atoms with E-state index in [-0.39, 0.29) is 17.8 Å². The molecule has 0 radical (unpaired) electrons. The average molecular weight is 286 g/mol. The highest BCUT2D eigenvalue weighted by Crippen LogP contribution is 2.45. The van der Waals surface area contributed by atoms with Crippen molar-refractivity contribution in [1.82, 2.24) is 10.2 Å². The summed E-state index contributed by atoms with van der Waals surface area (Å²) >= 11 is 0. The van der Waals surface area contributed by atoms with Crippen LogP contribution in [-0.2, 0) is 4.79 Å². The lowest BCUT2D eigenvalue weighted by Crippen LogP contribution is -2.30. The Balaban J connectivity index is 1.77. The van der Waals surface area contributed by atoms with Gasteiger partial charge in [0, 0.05) is 7.05 Å². The molecule has 1 amide bonds. The van der Waals surface area contributed by atoms with Crippen LogP contribution in [0.1, 0.15) is 24.6 Å². The molecule has 20 heavy (non-hydrogen) atoms. The van der Waals surface area contributed by atoms with Crippen molar-refractivity contribution >= 4 is 5.91 Å². The number of alkyl halides is 3. The van der Waals surface area contributed by atoms with E-state index in [1.165, 1.54) is 24.3 Å². The van der Waals surface area contributed by atoms with Crippen LogP contribution in [-0.4, -0.2) is 29.8 Å². The molecule has 3 rings (SSSR count). The Morgan fingerprint density at radius 1 is 1.30 bits per heavy atom. The third-order valence-electron chi connectivity index (χ3n) is 3.71. The van der Waals surface area contributed by atoms with Gasteiger partial charge in [0.1, 0.15) is 17.5 Å². The number of nitrogens with one attached hydrogen (secondary N) is 1. The number of benzene rings is 1. The van der Waals surface area contributed by atoms with Crippen LogP contribution in [0.5, 0.6) is 5.75 Å². The van der Waals surface area contributed by atoms with E-state index in [4.69, 9.17) is 0 Å². The largest absolute Gasteiger partial charge is 0.573 e. The van der Waals surface area contributed by atoms with Gasteiger partial charge in [0.05, 0.1) is 0 Å². The SMILES string of the molecule is CN1C(=O)C2(CC2)NC1c1ccc(OC(F)(F)F)cc1. The van der Waals surface area contributed by atoms with Crippen LogP contribution >= 0.6 is 0 Å². The number of likely N-dealkylation sites (N-methyl/N-ethyl adjacent to an activating group) is 1. The van der Waals surface area contributed by atoms with Crippen molar-refractivity contribution in [3.05, 3.63) is 29.8 Å². The van der Waals surface area contributed by atoms with Gasteiger partial charge < -0.3 is 9.64 Å². The minimum atomic E-state index is -4.70. The van der Waals surface area contributed by atoms with Crippen LogP contribution in [0.25, 0.3) is 0 Å². The number of nitrogens with zero attached hydrogens (tertiary/aromatic N) is 1. The van der Waals surface area contributed by atoms with Gasteiger partial charge in [-0.15, -0.1) is 13.2 Å². The van der Waals surface area contributed by atoms with Gasteiger partial charge in [0.25, 0.3) is 0 Å². The van der Waals surface area contributed by atoms with Crippen LogP contribution in [0.3, 0.4) is 0 Å². The summed E-state index contributed by atoms with van der Waals surface area (Å²) in [6, 6.07) is 5.56. The quantitative estimate of drug-likeness (QED) is 0.906. The minimum absolute atomic E-state index is 0.0399. The van der Waals surface area contributed by atoms with Crippen molar-refractivity contribution in [3.8, 4) is 5.75 Å². The van der Waals surface area contributed by atoms with Crippen molar-refractivity contribution in [2.45, 2.75) is 30.9 Å². The first-order valence-electron chi connectivity index (χ1n) is 6.21. The molecule has 1 saturated heterocycles. The molecule has 7 heteroatoms.